The molecule has 0 saturated heterocycles. The lowest BCUT2D eigenvalue weighted by Gasteiger charge is -2.10. The lowest BCUT2D eigenvalue weighted by atomic mass is 9.96. The van der Waals surface area contributed by atoms with Crippen molar-refractivity contribution in [2.75, 3.05) is 0 Å². The SMILES string of the molecule is CC1=C(c2ccc3ccccc3c2)N=C(c2cccc3oc4cc(-c5cccc6sc7ccccc7c56)ccc4c23)N=C(c2ccc(-c3ccc4ccccc4c3)cc2)C1. The Labute approximate surface area is 350 Å². The van der Waals surface area contributed by atoms with E-state index in [0.717, 1.165) is 55.6 Å². The molecule has 0 aliphatic carbocycles. The largest absolute Gasteiger partial charge is 0.456 e. The summed E-state index contributed by atoms with van der Waals surface area (Å²) in [6.45, 7) is 2.20. The van der Waals surface area contributed by atoms with Crippen molar-refractivity contribution in [2.45, 2.75) is 13.3 Å². The van der Waals surface area contributed by atoms with Crippen LogP contribution < -0.4 is 0 Å². The van der Waals surface area contributed by atoms with Crippen molar-refractivity contribution in [2.24, 2.45) is 9.98 Å². The van der Waals surface area contributed by atoms with Gasteiger partial charge in [-0.3, -0.25) is 0 Å². The van der Waals surface area contributed by atoms with Crippen molar-refractivity contribution in [3.05, 3.63) is 210 Å². The summed E-state index contributed by atoms with van der Waals surface area (Å²) in [6.07, 6.45) is 0.665. The fraction of sp³-hybridized carbons (Fsp3) is 0.0357. The minimum absolute atomic E-state index is 0.665. The smallest absolute Gasteiger partial charge is 0.160 e. The molecule has 0 unspecified atom stereocenters. The van der Waals surface area contributed by atoms with E-state index >= 15 is 0 Å². The summed E-state index contributed by atoms with van der Waals surface area (Å²) in [7, 11) is 0. The number of furan rings is 1. The zero-order valence-corrected chi connectivity index (χ0v) is 33.6. The van der Waals surface area contributed by atoms with E-state index in [0.29, 0.717) is 12.3 Å². The van der Waals surface area contributed by atoms with Gasteiger partial charge in [-0.1, -0.05) is 146 Å². The van der Waals surface area contributed by atoms with Gasteiger partial charge in [-0.2, -0.15) is 0 Å². The summed E-state index contributed by atoms with van der Waals surface area (Å²) in [5.74, 6) is 0.676. The second-order valence-electron chi connectivity index (χ2n) is 15.8. The molecule has 282 valence electrons. The molecule has 2 aromatic heterocycles. The minimum Gasteiger partial charge on any atom is -0.456 e. The molecule has 1 aliphatic rings. The Balaban J connectivity index is 1.01. The zero-order chi connectivity index (χ0) is 39.7. The first kappa shape index (κ1) is 34.6. The first-order chi connectivity index (χ1) is 29.6. The second-order valence-corrected chi connectivity index (χ2v) is 16.9. The average molecular weight is 785 g/mol. The van der Waals surface area contributed by atoms with Gasteiger partial charge in [0.05, 0.1) is 11.4 Å². The topological polar surface area (TPSA) is 37.9 Å². The van der Waals surface area contributed by atoms with Crippen LogP contribution in [0.15, 0.2) is 208 Å². The van der Waals surface area contributed by atoms with Crippen LogP contribution in [0, 0.1) is 0 Å². The Morgan fingerprint density at radius 1 is 0.433 bits per heavy atom. The Bertz CT molecular complexity index is 3640. The van der Waals surface area contributed by atoms with E-state index in [1.165, 1.54) is 64.0 Å². The van der Waals surface area contributed by atoms with Crippen molar-refractivity contribution in [3.63, 3.8) is 0 Å². The van der Waals surface area contributed by atoms with Crippen molar-refractivity contribution in [3.8, 4) is 22.3 Å². The normalized spacial score (nSPS) is 13.5. The van der Waals surface area contributed by atoms with Gasteiger partial charge in [0.25, 0.3) is 0 Å². The summed E-state index contributed by atoms with van der Waals surface area (Å²) in [5.41, 5.74) is 12.6. The number of allylic oxidation sites excluding steroid dienone is 1. The van der Waals surface area contributed by atoms with Gasteiger partial charge in [0.2, 0.25) is 0 Å². The van der Waals surface area contributed by atoms with Gasteiger partial charge in [0.1, 0.15) is 11.2 Å². The number of benzene rings is 9. The molecule has 0 N–H and O–H groups in total. The summed E-state index contributed by atoms with van der Waals surface area (Å²) in [5, 5.41) is 9.51. The predicted molar refractivity (Wildman–Crippen MR) is 256 cm³/mol. The summed E-state index contributed by atoms with van der Waals surface area (Å²) >= 11 is 1.84. The summed E-state index contributed by atoms with van der Waals surface area (Å²) in [6, 6.07) is 67.4. The van der Waals surface area contributed by atoms with Crippen LogP contribution in [0.1, 0.15) is 30.0 Å². The maximum Gasteiger partial charge on any atom is 0.160 e. The van der Waals surface area contributed by atoms with Gasteiger partial charge in [0, 0.05) is 48.5 Å². The predicted octanol–water partition coefficient (Wildman–Crippen LogP) is 15.7. The van der Waals surface area contributed by atoms with Gasteiger partial charge < -0.3 is 4.42 Å². The highest BCUT2D eigenvalue weighted by Gasteiger charge is 2.22. The van der Waals surface area contributed by atoms with Gasteiger partial charge in [-0.25, -0.2) is 9.98 Å². The van der Waals surface area contributed by atoms with E-state index in [1.807, 2.05) is 11.3 Å². The molecule has 11 aromatic rings. The molecule has 0 amide bonds. The number of rotatable bonds is 5. The van der Waals surface area contributed by atoms with Crippen molar-refractivity contribution in [1.82, 2.24) is 0 Å². The first-order valence-corrected chi connectivity index (χ1v) is 21.2. The second kappa shape index (κ2) is 13.9. The molecule has 0 atom stereocenters. The third-order valence-electron chi connectivity index (χ3n) is 12.1. The van der Waals surface area contributed by atoms with E-state index in [-0.39, 0.29) is 0 Å². The van der Waals surface area contributed by atoms with E-state index in [1.54, 1.807) is 0 Å². The molecule has 3 heterocycles. The van der Waals surface area contributed by atoms with E-state index in [9.17, 15) is 0 Å². The molecule has 1 aliphatic heterocycles. The zero-order valence-electron chi connectivity index (χ0n) is 32.8. The van der Waals surface area contributed by atoms with Crippen LogP contribution in [0.5, 0.6) is 0 Å². The molecule has 0 fully saturated rings. The Kier molecular flexibility index (Phi) is 8.00. The van der Waals surface area contributed by atoms with Crippen LogP contribution in [0.2, 0.25) is 0 Å². The fourth-order valence-electron chi connectivity index (χ4n) is 9.08. The molecule has 60 heavy (non-hydrogen) atoms. The molecule has 0 spiro atoms. The van der Waals surface area contributed by atoms with E-state index < -0.39 is 0 Å². The third kappa shape index (κ3) is 5.79. The van der Waals surface area contributed by atoms with Crippen LogP contribution in [-0.2, 0) is 0 Å². The molecule has 3 nitrogen and oxygen atoms in total. The molecular weight excluding hydrogens is 749 g/mol. The van der Waals surface area contributed by atoms with Crippen LogP contribution in [0.25, 0.3) is 91.6 Å². The number of hydrogen-bond acceptors (Lipinski definition) is 4. The molecule has 9 aromatic carbocycles. The quantitative estimate of drug-likeness (QED) is 0.171. The van der Waals surface area contributed by atoms with E-state index in [4.69, 9.17) is 14.4 Å². The number of amidine groups is 1. The first-order valence-electron chi connectivity index (χ1n) is 20.4. The molecule has 0 bridgehead atoms. The van der Waals surface area contributed by atoms with Crippen LogP contribution in [0.4, 0.5) is 0 Å². The molecule has 4 heteroatoms. The standard InChI is InChI=1S/C56H36N2OS/c1-34-30-48(38-24-20-37(21-25-38)41-26-22-35-10-2-4-12-39(35)31-41)57-56(58-55(34)43-27-23-36-11-3-5-13-40(36)32-43)47-16-8-17-49-53(47)45-29-28-42(33-50(45)59-49)44-15-9-19-52-54(44)46-14-6-7-18-51(46)60-52/h2-29,31-33H,30H2,1H3. The highest BCUT2D eigenvalue weighted by atomic mass is 32.1. The van der Waals surface area contributed by atoms with Gasteiger partial charge in [-0.05, 0) is 104 Å². The number of nitrogens with zero attached hydrogens (tertiary/aromatic N) is 2. The number of thiophene rings is 1. The molecular formula is C56H36N2OS. The highest BCUT2D eigenvalue weighted by molar-refractivity contribution is 7.25. The minimum atomic E-state index is 0.665. The fourth-order valence-corrected chi connectivity index (χ4v) is 10.2. The van der Waals surface area contributed by atoms with Gasteiger partial charge >= 0.3 is 0 Å². The molecule has 0 saturated carbocycles. The Morgan fingerprint density at radius 2 is 1.07 bits per heavy atom. The van der Waals surface area contributed by atoms with Crippen LogP contribution in [0.3, 0.4) is 0 Å². The molecule has 12 rings (SSSR count). The van der Waals surface area contributed by atoms with Crippen molar-refractivity contribution in [1.29, 1.82) is 0 Å². The average Bonchev–Trinajstić information content (AvgIpc) is 3.82. The van der Waals surface area contributed by atoms with Crippen molar-refractivity contribution >= 4 is 92.2 Å². The number of aliphatic imine (C=N–C) groups is 2. The Hall–Kier alpha value is -7.40. The van der Waals surface area contributed by atoms with Gasteiger partial charge in [0.15, 0.2) is 5.84 Å². The lowest BCUT2D eigenvalue weighted by Crippen LogP contribution is -2.06. The number of fused-ring (bicyclic) bond motifs is 8. The van der Waals surface area contributed by atoms with Crippen LogP contribution in [-0.4, -0.2) is 11.5 Å². The Morgan fingerprint density at radius 3 is 1.88 bits per heavy atom. The lowest BCUT2D eigenvalue weighted by molar-refractivity contribution is 0.669. The molecule has 0 radical (unpaired) electrons. The maximum atomic E-state index is 6.72. The third-order valence-corrected chi connectivity index (χ3v) is 13.2. The monoisotopic (exact) mass is 784 g/mol. The highest BCUT2D eigenvalue weighted by Crippen LogP contribution is 2.42. The maximum absolute atomic E-state index is 6.72. The summed E-state index contributed by atoms with van der Waals surface area (Å²) in [4.78, 5) is 11.0. The van der Waals surface area contributed by atoms with Crippen molar-refractivity contribution < 1.29 is 4.42 Å². The number of hydrogen-bond donors (Lipinski definition) is 0. The van der Waals surface area contributed by atoms with E-state index in [2.05, 4.69) is 195 Å². The van der Waals surface area contributed by atoms with Crippen LogP contribution >= 0.6 is 11.3 Å². The van der Waals surface area contributed by atoms with Gasteiger partial charge in [-0.15, -0.1) is 11.3 Å². The summed E-state index contributed by atoms with van der Waals surface area (Å²) < 4.78 is 9.30.